The van der Waals surface area contributed by atoms with E-state index in [1.807, 2.05) is 6.07 Å². The average molecular weight is 366 g/mol. The number of benzene rings is 1. The normalized spacial score (nSPS) is 18.4. The van der Waals surface area contributed by atoms with Crippen LogP contribution in [0.1, 0.15) is 85.1 Å². The van der Waals surface area contributed by atoms with Crippen molar-refractivity contribution in [1.29, 1.82) is 0 Å². The predicted octanol–water partition coefficient (Wildman–Crippen LogP) is 4.65. The zero-order valence-corrected chi connectivity index (χ0v) is 16.3. The zero-order chi connectivity index (χ0) is 18.5. The fourth-order valence-corrected chi connectivity index (χ4v) is 4.59. The van der Waals surface area contributed by atoms with Gasteiger partial charge >= 0.3 is 0 Å². The van der Waals surface area contributed by atoms with Crippen LogP contribution in [0.5, 0.6) is 0 Å². The highest BCUT2D eigenvalue weighted by Crippen LogP contribution is 2.26. The summed E-state index contributed by atoms with van der Waals surface area (Å²) in [6, 6.07) is 10.7. The predicted molar refractivity (Wildman–Crippen MR) is 108 cm³/mol. The summed E-state index contributed by atoms with van der Waals surface area (Å²) in [7, 11) is 0. The van der Waals surface area contributed by atoms with Crippen LogP contribution >= 0.6 is 0 Å². The Morgan fingerprint density at radius 2 is 1.67 bits per heavy atom. The Bertz CT molecular complexity index is 757. The summed E-state index contributed by atoms with van der Waals surface area (Å²) in [5.74, 6) is 0.0468. The van der Waals surface area contributed by atoms with Gasteiger partial charge < -0.3 is 5.32 Å². The van der Waals surface area contributed by atoms with Crippen LogP contribution in [0.3, 0.4) is 0 Å². The van der Waals surface area contributed by atoms with E-state index < -0.39 is 0 Å². The molecule has 27 heavy (non-hydrogen) atoms. The maximum atomic E-state index is 13.1. The minimum atomic E-state index is 0.0468. The van der Waals surface area contributed by atoms with Crippen molar-refractivity contribution in [1.82, 2.24) is 15.1 Å². The summed E-state index contributed by atoms with van der Waals surface area (Å²) in [5.41, 5.74) is 4.39. The molecule has 1 N–H and O–H groups in total. The third kappa shape index (κ3) is 4.42. The van der Waals surface area contributed by atoms with Crippen LogP contribution in [0.4, 0.5) is 0 Å². The van der Waals surface area contributed by atoms with E-state index in [1.54, 1.807) is 0 Å². The van der Waals surface area contributed by atoms with Crippen molar-refractivity contribution < 1.29 is 4.79 Å². The largest absolute Gasteiger partial charge is 0.348 e. The molecular weight excluding hydrogens is 334 g/mol. The maximum Gasteiger partial charge on any atom is 0.272 e. The van der Waals surface area contributed by atoms with Crippen molar-refractivity contribution in [3.8, 4) is 0 Å². The number of aromatic nitrogens is 2. The van der Waals surface area contributed by atoms with E-state index >= 15 is 0 Å². The highest BCUT2D eigenvalue weighted by molar-refractivity contribution is 5.94. The number of fused-ring (bicyclic) bond motifs is 1. The van der Waals surface area contributed by atoms with Gasteiger partial charge in [0, 0.05) is 17.3 Å². The quantitative estimate of drug-likeness (QED) is 0.857. The van der Waals surface area contributed by atoms with Crippen molar-refractivity contribution in [2.24, 2.45) is 0 Å². The van der Waals surface area contributed by atoms with E-state index in [2.05, 4.69) is 34.3 Å². The number of hydrogen-bond acceptors (Lipinski definition) is 2. The minimum absolute atomic E-state index is 0.0468. The molecule has 0 atom stereocenters. The lowest BCUT2D eigenvalue weighted by molar-refractivity contribution is 0.0923. The third-order valence-corrected chi connectivity index (χ3v) is 6.09. The Labute approximate surface area is 162 Å². The van der Waals surface area contributed by atoms with E-state index in [9.17, 15) is 4.79 Å². The lowest BCUT2D eigenvalue weighted by Crippen LogP contribution is -2.36. The Hall–Kier alpha value is -2.10. The molecule has 0 saturated heterocycles. The summed E-state index contributed by atoms with van der Waals surface area (Å²) in [6.07, 6.45) is 13.0. The monoisotopic (exact) mass is 365 g/mol. The summed E-state index contributed by atoms with van der Waals surface area (Å²) >= 11 is 0. The molecule has 0 bridgehead atoms. The van der Waals surface area contributed by atoms with Gasteiger partial charge in [-0.2, -0.15) is 5.10 Å². The van der Waals surface area contributed by atoms with Crippen molar-refractivity contribution in [3.05, 3.63) is 52.8 Å². The highest BCUT2D eigenvalue weighted by atomic mass is 16.2. The smallest absolute Gasteiger partial charge is 0.272 e. The van der Waals surface area contributed by atoms with Gasteiger partial charge in [0.15, 0.2) is 5.69 Å². The number of carbonyl (C=O) groups excluding carboxylic acids is 1. The summed E-state index contributed by atoms with van der Waals surface area (Å²) < 4.78 is 2.08. The SMILES string of the molecule is O=C(NC1CCCCCCC1)c1nn(Cc2ccccc2)c2c1CCCC2. The van der Waals surface area contributed by atoms with E-state index in [0.717, 1.165) is 38.6 Å². The van der Waals surface area contributed by atoms with Gasteiger partial charge in [0.2, 0.25) is 0 Å². The molecule has 2 aliphatic carbocycles. The van der Waals surface area contributed by atoms with Gasteiger partial charge in [-0.05, 0) is 44.1 Å². The molecule has 1 heterocycles. The van der Waals surface area contributed by atoms with Crippen molar-refractivity contribution in [3.63, 3.8) is 0 Å². The summed E-state index contributed by atoms with van der Waals surface area (Å²) in [5, 5.41) is 8.11. The lowest BCUT2D eigenvalue weighted by atomic mass is 9.94. The molecule has 1 aromatic heterocycles. The molecule has 1 amide bonds. The Morgan fingerprint density at radius 3 is 2.44 bits per heavy atom. The first kappa shape index (κ1) is 18.3. The van der Waals surface area contributed by atoms with Crippen molar-refractivity contribution >= 4 is 5.91 Å². The first-order valence-electron chi connectivity index (χ1n) is 10.7. The number of hydrogen-bond donors (Lipinski definition) is 1. The van der Waals surface area contributed by atoms with Crippen LogP contribution in [0.25, 0.3) is 0 Å². The van der Waals surface area contributed by atoms with E-state index in [1.165, 1.54) is 55.3 Å². The topological polar surface area (TPSA) is 46.9 Å². The second kappa shape index (κ2) is 8.73. The maximum absolute atomic E-state index is 13.1. The van der Waals surface area contributed by atoms with E-state index in [-0.39, 0.29) is 5.91 Å². The number of amides is 1. The number of nitrogens with one attached hydrogen (secondary N) is 1. The van der Waals surface area contributed by atoms with E-state index in [4.69, 9.17) is 5.10 Å². The van der Waals surface area contributed by atoms with Gasteiger partial charge in [-0.25, -0.2) is 0 Å². The molecule has 2 aliphatic rings. The fourth-order valence-electron chi connectivity index (χ4n) is 4.59. The molecule has 4 heteroatoms. The molecule has 4 rings (SSSR count). The molecule has 0 unspecified atom stereocenters. The van der Waals surface area contributed by atoms with Crippen LogP contribution in [0.15, 0.2) is 30.3 Å². The Morgan fingerprint density at radius 1 is 0.963 bits per heavy atom. The first-order valence-corrected chi connectivity index (χ1v) is 10.7. The fraction of sp³-hybridized carbons (Fsp3) is 0.565. The van der Waals surface area contributed by atoms with Gasteiger partial charge in [-0.1, -0.05) is 62.4 Å². The second-order valence-electron chi connectivity index (χ2n) is 8.14. The van der Waals surface area contributed by atoms with Crippen LogP contribution in [0, 0.1) is 0 Å². The molecule has 0 radical (unpaired) electrons. The lowest BCUT2D eigenvalue weighted by Gasteiger charge is -2.21. The molecule has 144 valence electrons. The molecule has 0 aliphatic heterocycles. The molecular formula is C23H31N3O. The standard InChI is InChI=1S/C23H31N3O/c27-23(24-19-13-7-2-1-3-8-14-19)22-20-15-9-10-16-21(20)26(25-22)17-18-11-5-4-6-12-18/h4-6,11-12,19H,1-3,7-10,13-17H2,(H,24,27). The minimum Gasteiger partial charge on any atom is -0.348 e. The summed E-state index contributed by atoms with van der Waals surface area (Å²) in [6.45, 7) is 0.750. The summed E-state index contributed by atoms with van der Waals surface area (Å²) in [4.78, 5) is 13.1. The number of rotatable bonds is 4. The third-order valence-electron chi connectivity index (χ3n) is 6.09. The highest BCUT2D eigenvalue weighted by Gasteiger charge is 2.26. The molecule has 1 saturated carbocycles. The Kier molecular flexibility index (Phi) is 5.90. The van der Waals surface area contributed by atoms with Crippen LogP contribution in [0.2, 0.25) is 0 Å². The molecule has 4 nitrogen and oxygen atoms in total. The van der Waals surface area contributed by atoms with Gasteiger partial charge in [0.1, 0.15) is 0 Å². The van der Waals surface area contributed by atoms with Crippen LogP contribution < -0.4 is 5.32 Å². The number of carbonyl (C=O) groups is 1. The second-order valence-corrected chi connectivity index (χ2v) is 8.14. The first-order chi connectivity index (χ1) is 13.3. The van der Waals surface area contributed by atoms with Crippen molar-refractivity contribution in [2.75, 3.05) is 0 Å². The zero-order valence-electron chi connectivity index (χ0n) is 16.3. The molecule has 1 aromatic carbocycles. The number of nitrogens with zero attached hydrogens (tertiary/aromatic N) is 2. The van der Waals surface area contributed by atoms with Gasteiger partial charge in [0.05, 0.1) is 6.54 Å². The van der Waals surface area contributed by atoms with Gasteiger partial charge in [-0.3, -0.25) is 9.48 Å². The van der Waals surface area contributed by atoms with Crippen LogP contribution in [-0.4, -0.2) is 21.7 Å². The Balaban J connectivity index is 1.53. The van der Waals surface area contributed by atoms with E-state index in [0.29, 0.717) is 11.7 Å². The van der Waals surface area contributed by atoms with Gasteiger partial charge in [-0.15, -0.1) is 0 Å². The molecule has 0 spiro atoms. The van der Waals surface area contributed by atoms with Gasteiger partial charge in [0.25, 0.3) is 5.91 Å². The molecule has 2 aromatic rings. The van der Waals surface area contributed by atoms with Crippen LogP contribution in [-0.2, 0) is 19.4 Å². The van der Waals surface area contributed by atoms with Crippen molar-refractivity contribution in [2.45, 2.75) is 83.2 Å². The molecule has 1 fully saturated rings. The average Bonchev–Trinajstić information content (AvgIpc) is 3.03.